The van der Waals surface area contributed by atoms with Crippen molar-refractivity contribution in [1.82, 2.24) is 19.9 Å². The molecule has 0 amide bonds. The number of anilines is 4. The maximum Gasteiger partial charge on any atom is 0.490 e. The number of carboxylic acids is 2. The SMILES string of the molecule is O=C(O)C(F)(F)F.O=C(O)C(F)(F)F.c1cncc(Nc2nc(-c3ccc(-c4csc(Nc5cccnc5)n4)cc3)cs2)c1. The summed E-state index contributed by atoms with van der Waals surface area (Å²) in [7, 11) is 0. The summed E-state index contributed by atoms with van der Waals surface area (Å²) in [4.78, 5) is 35.4. The van der Waals surface area contributed by atoms with Crippen molar-refractivity contribution in [2.45, 2.75) is 12.4 Å². The van der Waals surface area contributed by atoms with Crippen LogP contribution in [0.3, 0.4) is 0 Å². The monoisotopic (exact) mass is 656 g/mol. The molecule has 0 saturated carbocycles. The number of halogens is 6. The molecule has 4 heterocycles. The first-order valence-electron chi connectivity index (χ1n) is 11.7. The van der Waals surface area contributed by atoms with Gasteiger partial charge in [-0.3, -0.25) is 9.97 Å². The molecular formula is C26H18F6N6O4S2. The normalized spacial score (nSPS) is 10.9. The summed E-state index contributed by atoms with van der Waals surface area (Å²) in [5.74, 6) is -5.51. The lowest BCUT2D eigenvalue weighted by molar-refractivity contribution is -0.193. The largest absolute Gasteiger partial charge is 0.490 e. The van der Waals surface area contributed by atoms with Gasteiger partial charge in [-0.2, -0.15) is 26.3 Å². The van der Waals surface area contributed by atoms with E-state index in [0.29, 0.717) is 0 Å². The number of carbonyl (C=O) groups is 2. The van der Waals surface area contributed by atoms with Crippen LogP contribution in [0.1, 0.15) is 0 Å². The lowest BCUT2D eigenvalue weighted by atomic mass is 10.1. The lowest BCUT2D eigenvalue weighted by Gasteiger charge is -2.02. The van der Waals surface area contributed by atoms with E-state index in [1.807, 2.05) is 35.0 Å². The van der Waals surface area contributed by atoms with Crippen molar-refractivity contribution in [2.24, 2.45) is 0 Å². The van der Waals surface area contributed by atoms with Crippen LogP contribution in [-0.4, -0.2) is 54.4 Å². The zero-order chi connectivity index (χ0) is 32.3. The smallest absolute Gasteiger partial charge is 0.475 e. The molecule has 0 radical (unpaired) electrons. The van der Waals surface area contributed by atoms with E-state index >= 15 is 0 Å². The van der Waals surface area contributed by atoms with Gasteiger partial charge in [0.05, 0.1) is 35.2 Å². The number of pyridine rings is 2. The van der Waals surface area contributed by atoms with Crippen molar-refractivity contribution in [3.63, 3.8) is 0 Å². The number of aliphatic carboxylic acids is 2. The Morgan fingerprint density at radius 3 is 1.25 bits per heavy atom. The Morgan fingerprint density at radius 2 is 0.977 bits per heavy atom. The van der Waals surface area contributed by atoms with Gasteiger partial charge in [-0.25, -0.2) is 19.6 Å². The van der Waals surface area contributed by atoms with Gasteiger partial charge in [0, 0.05) is 34.3 Å². The van der Waals surface area contributed by atoms with E-state index in [0.717, 1.165) is 44.2 Å². The van der Waals surface area contributed by atoms with Gasteiger partial charge in [-0.05, 0) is 24.3 Å². The summed E-state index contributed by atoms with van der Waals surface area (Å²) in [6, 6.07) is 16.0. The van der Waals surface area contributed by atoms with E-state index in [4.69, 9.17) is 19.8 Å². The molecule has 0 saturated heterocycles. The summed E-state index contributed by atoms with van der Waals surface area (Å²) in [6.45, 7) is 0. The van der Waals surface area contributed by atoms with Crippen LogP contribution in [0.5, 0.6) is 0 Å². The zero-order valence-corrected chi connectivity index (χ0v) is 23.3. The van der Waals surface area contributed by atoms with Crippen LogP contribution in [0.4, 0.5) is 48.0 Å². The molecule has 0 fully saturated rings. The van der Waals surface area contributed by atoms with Gasteiger partial charge in [-0.15, -0.1) is 22.7 Å². The van der Waals surface area contributed by atoms with Crippen molar-refractivity contribution in [2.75, 3.05) is 10.6 Å². The van der Waals surface area contributed by atoms with E-state index in [2.05, 4.69) is 54.8 Å². The summed E-state index contributed by atoms with van der Waals surface area (Å²) >= 11 is 3.14. The van der Waals surface area contributed by atoms with Gasteiger partial charge in [0.2, 0.25) is 0 Å². The highest BCUT2D eigenvalue weighted by molar-refractivity contribution is 7.14. The molecule has 5 rings (SSSR count). The number of nitrogens with zero attached hydrogens (tertiary/aromatic N) is 4. The number of benzene rings is 1. The number of carboxylic acid groups (broad SMARTS) is 2. The fourth-order valence-corrected chi connectivity index (χ4v) is 4.34. The minimum Gasteiger partial charge on any atom is -0.475 e. The second kappa shape index (κ2) is 14.9. The molecule has 0 aliphatic rings. The zero-order valence-electron chi connectivity index (χ0n) is 21.7. The maximum atomic E-state index is 10.6. The third-order valence-electron chi connectivity index (χ3n) is 4.80. The molecule has 18 heteroatoms. The van der Waals surface area contributed by atoms with Crippen molar-refractivity contribution < 1.29 is 46.1 Å². The first-order valence-corrected chi connectivity index (χ1v) is 13.4. The molecule has 0 aliphatic heterocycles. The van der Waals surface area contributed by atoms with Crippen LogP contribution in [0, 0.1) is 0 Å². The Labute approximate surface area is 251 Å². The van der Waals surface area contributed by atoms with Crippen molar-refractivity contribution in [1.29, 1.82) is 0 Å². The average molecular weight is 657 g/mol. The summed E-state index contributed by atoms with van der Waals surface area (Å²) in [6.07, 6.45) is -3.11. The Morgan fingerprint density at radius 1 is 0.636 bits per heavy atom. The molecule has 4 N–H and O–H groups in total. The Balaban J connectivity index is 0.000000317. The van der Waals surface area contributed by atoms with Gasteiger partial charge in [0.15, 0.2) is 10.3 Å². The predicted octanol–water partition coefficient (Wildman–Crippen LogP) is 7.48. The molecule has 0 atom stereocenters. The fourth-order valence-electron chi connectivity index (χ4n) is 2.86. The predicted molar refractivity (Wildman–Crippen MR) is 151 cm³/mol. The molecule has 0 aliphatic carbocycles. The van der Waals surface area contributed by atoms with Gasteiger partial charge >= 0.3 is 24.3 Å². The van der Waals surface area contributed by atoms with Gasteiger partial charge in [0.25, 0.3) is 0 Å². The van der Waals surface area contributed by atoms with Crippen LogP contribution >= 0.6 is 22.7 Å². The van der Waals surface area contributed by atoms with Crippen molar-refractivity contribution >= 4 is 56.3 Å². The van der Waals surface area contributed by atoms with Crippen molar-refractivity contribution in [3.8, 4) is 22.5 Å². The van der Waals surface area contributed by atoms with E-state index in [-0.39, 0.29) is 0 Å². The number of aromatic nitrogens is 4. The first-order chi connectivity index (χ1) is 20.7. The summed E-state index contributed by atoms with van der Waals surface area (Å²) in [5.41, 5.74) is 5.86. The van der Waals surface area contributed by atoms with Crippen LogP contribution in [0.25, 0.3) is 22.5 Å². The maximum absolute atomic E-state index is 10.6. The van der Waals surface area contributed by atoms with Gasteiger partial charge in [-0.1, -0.05) is 24.3 Å². The molecule has 10 nitrogen and oxygen atoms in total. The minimum atomic E-state index is -5.08. The molecule has 44 heavy (non-hydrogen) atoms. The number of alkyl halides is 6. The highest BCUT2D eigenvalue weighted by Gasteiger charge is 2.38. The average Bonchev–Trinajstić information content (AvgIpc) is 3.64. The molecular weight excluding hydrogens is 638 g/mol. The van der Waals surface area contributed by atoms with Crippen LogP contribution in [0.15, 0.2) is 84.1 Å². The van der Waals surface area contributed by atoms with Gasteiger partial charge in [0.1, 0.15) is 0 Å². The molecule has 0 spiro atoms. The molecule has 0 bridgehead atoms. The summed E-state index contributed by atoms with van der Waals surface area (Å²) < 4.78 is 63.5. The van der Waals surface area contributed by atoms with E-state index in [9.17, 15) is 26.3 Å². The standard InChI is InChI=1S/C22H16N6S2.2C2HF3O2/c1-3-17(11-23-9-1)25-21-27-19(13-29-21)15-5-7-16(8-6-15)20-14-30-22(28-20)26-18-4-2-10-24-12-18;2*3-2(4,5)1(6)7/h1-14H,(H,25,27)(H,26,28);2*(H,6,7). The number of hydrogen-bond donors (Lipinski definition) is 4. The topological polar surface area (TPSA) is 150 Å². The minimum absolute atomic E-state index is 0.840. The third-order valence-corrected chi connectivity index (χ3v) is 6.31. The highest BCUT2D eigenvalue weighted by atomic mass is 32.1. The van der Waals surface area contributed by atoms with Crippen LogP contribution < -0.4 is 10.6 Å². The summed E-state index contributed by atoms with van der Waals surface area (Å²) in [5, 5.41) is 26.6. The van der Waals surface area contributed by atoms with Crippen molar-refractivity contribution in [3.05, 3.63) is 84.1 Å². The van der Waals surface area contributed by atoms with E-state index in [1.54, 1.807) is 47.5 Å². The fraction of sp³-hybridized carbons (Fsp3) is 0.0769. The van der Waals surface area contributed by atoms with E-state index in [1.165, 1.54) is 0 Å². The molecule has 5 aromatic rings. The first kappa shape index (κ1) is 33.4. The Kier molecular flexibility index (Phi) is 11.3. The second-order valence-corrected chi connectivity index (χ2v) is 9.71. The molecule has 230 valence electrons. The number of hydrogen-bond acceptors (Lipinski definition) is 10. The lowest BCUT2D eigenvalue weighted by Crippen LogP contribution is -2.21. The highest BCUT2D eigenvalue weighted by Crippen LogP contribution is 2.31. The second-order valence-electron chi connectivity index (χ2n) is 7.99. The van der Waals surface area contributed by atoms with Crippen LogP contribution in [0.2, 0.25) is 0 Å². The molecule has 4 aromatic heterocycles. The van der Waals surface area contributed by atoms with Crippen LogP contribution in [-0.2, 0) is 9.59 Å². The molecule has 0 unspecified atom stereocenters. The number of rotatable bonds is 6. The van der Waals surface area contributed by atoms with E-state index < -0.39 is 24.3 Å². The molecule has 1 aromatic carbocycles. The van der Waals surface area contributed by atoms with Gasteiger partial charge < -0.3 is 20.8 Å². The Bertz CT molecular complexity index is 1520. The number of thiazole rings is 2. The third kappa shape index (κ3) is 10.6. The quantitative estimate of drug-likeness (QED) is 0.136. The number of nitrogens with one attached hydrogen (secondary N) is 2. The Hall–Kier alpha value is -5.10.